The van der Waals surface area contributed by atoms with E-state index in [2.05, 4.69) is 0 Å². The molecule has 0 unspecified atom stereocenters. The molecule has 6 N–H and O–H groups in total. The lowest BCUT2D eigenvalue weighted by Crippen LogP contribution is -2.20. The van der Waals surface area contributed by atoms with Gasteiger partial charge >= 0.3 is 11.9 Å². The Labute approximate surface area is 164 Å². The fraction of sp³-hybridized carbons (Fsp3) is 0. The summed E-state index contributed by atoms with van der Waals surface area (Å²) in [6.45, 7) is 0. The Hall–Kier alpha value is -2.26. The molecule has 0 aromatic heterocycles. The predicted molar refractivity (Wildman–Crippen MR) is 94.9 cm³/mol. The van der Waals surface area contributed by atoms with Gasteiger partial charge in [0.1, 0.15) is 0 Å². The summed E-state index contributed by atoms with van der Waals surface area (Å²) < 4.78 is 0. The van der Waals surface area contributed by atoms with Crippen LogP contribution in [0.1, 0.15) is 41.4 Å². The Morgan fingerprint density at radius 2 is 0.808 bits per heavy atom. The SMILES string of the molecule is NC(=O)c1c(Cl)c(Cl)c(C(N)=O)c2c(C(=O)O)c(Cl)c(Cl)c(C(=O)O)c12. The molecular weight excluding hydrogens is 434 g/mol. The van der Waals surface area contributed by atoms with Crippen LogP contribution in [-0.2, 0) is 0 Å². The summed E-state index contributed by atoms with van der Waals surface area (Å²) in [5.41, 5.74) is 7.63. The highest BCUT2D eigenvalue weighted by Gasteiger charge is 2.33. The fourth-order valence-corrected chi connectivity index (χ4v) is 3.60. The van der Waals surface area contributed by atoms with Crippen LogP contribution in [-0.4, -0.2) is 34.0 Å². The number of hydrogen-bond donors (Lipinski definition) is 4. The third-order valence-corrected chi connectivity index (χ3v) is 5.14. The zero-order chi connectivity index (χ0) is 20.1. The second-order valence-corrected chi connectivity index (χ2v) is 6.36. The molecule has 0 saturated heterocycles. The Balaban J connectivity index is 3.51. The summed E-state index contributed by atoms with van der Waals surface area (Å²) in [6, 6.07) is 0. The van der Waals surface area contributed by atoms with Crippen LogP contribution in [0.3, 0.4) is 0 Å². The van der Waals surface area contributed by atoms with Crippen LogP contribution in [0.4, 0.5) is 0 Å². The minimum absolute atomic E-state index is 0.585. The number of nitrogens with two attached hydrogens (primary N) is 2. The van der Waals surface area contributed by atoms with E-state index >= 15 is 0 Å². The number of amides is 2. The van der Waals surface area contributed by atoms with Crippen molar-refractivity contribution >= 4 is 80.9 Å². The Kier molecular flexibility index (Phi) is 5.25. The first kappa shape index (κ1) is 20.1. The topological polar surface area (TPSA) is 161 Å². The molecule has 136 valence electrons. The summed E-state index contributed by atoms with van der Waals surface area (Å²) >= 11 is 23.7. The summed E-state index contributed by atoms with van der Waals surface area (Å²) in [7, 11) is 0. The molecule has 2 amide bonds. The second kappa shape index (κ2) is 6.81. The maximum Gasteiger partial charge on any atom is 0.337 e. The van der Waals surface area contributed by atoms with Crippen molar-refractivity contribution in [1.29, 1.82) is 0 Å². The maximum absolute atomic E-state index is 11.9. The van der Waals surface area contributed by atoms with Gasteiger partial charge in [0, 0.05) is 10.8 Å². The normalized spacial score (nSPS) is 10.8. The van der Waals surface area contributed by atoms with Crippen LogP contribution < -0.4 is 11.5 Å². The number of carbonyl (C=O) groups is 4. The van der Waals surface area contributed by atoms with Crippen LogP contribution in [0.25, 0.3) is 10.8 Å². The van der Waals surface area contributed by atoms with Gasteiger partial charge in [-0.1, -0.05) is 46.4 Å². The van der Waals surface area contributed by atoms with Gasteiger partial charge < -0.3 is 21.7 Å². The fourth-order valence-electron chi connectivity index (χ4n) is 2.49. The molecule has 12 heteroatoms. The van der Waals surface area contributed by atoms with Gasteiger partial charge in [-0.2, -0.15) is 0 Å². The van der Waals surface area contributed by atoms with Crippen LogP contribution in [0.2, 0.25) is 20.1 Å². The second-order valence-electron chi connectivity index (χ2n) is 4.84. The van der Waals surface area contributed by atoms with E-state index < -0.39 is 76.9 Å². The van der Waals surface area contributed by atoms with Crippen molar-refractivity contribution in [2.24, 2.45) is 11.5 Å². The molecule has 0 saturated carbocycles. The summed E-state index contributed by atoms with van der Waals surface area (Å²) in [4.78, 5) is 47.1. The largest absolute Gasteiger partial charge is 0.478 e. The average molecular weight is 440 g/mol. The molecule has 0 atom stereocenters. The number of carboxylic acids is 2. The van der Waals surface area contributed by atoms with Gasteiger partial charge in [0.15, 0.2) is 0 Å². The summed E-state index contributed by atoms with van der Waals surface area (Å²) in [6.07, 6.45) is 0. The number of aromatic carboxylic acids is 2. The van der Waals surface area contributed by atoms with E-state index in [1.54, 1.807) is 0 Å². The third-order valence-electron chi connectivity index (χ3n) is 3.43. The van der Waals surface area contributed by atoms with Gasteiger partial charge in [-0.3, -0.25) is 9.59 Å². The number of rotatable bonds is 4. The van der Waals surface area contributed by atoms with E-state index in [0.717, 1.165) is 0 Å². The van der Waals surface area contributed by atoms with Crippen molar-refractivity contribution in [1.82, 2.24) is 0 Å². The monoisotopic (exact) mass is 438 g/mol. The molecule has 0 heterocycles. The van der Waals surface area contributed by atoms with E-state index in [0.29, 0.717) is 0 Å². The molecule has 26 heavy (non-hydrogen) atoms. The minimum Gasteiger partial charge on any atom is -0.478 e. The lowest BCUT2D eigenvalue weighted by molar-refractivity contribution is 0.0684. The van der Waals surface area contributed by atoms with Crippen LogP contribution in [0.5, 0.6) is 0 Å². The molecule has 0 aliphatic heterocycles. The molecular formula is C14H6Cl4N2O6. The summed E-state index contributed by atoms with van der Waals surface area (Å²) in [5.74, 6) is -5.85. The maximum atomic E-state index is 11.9. The number of fused-ring (bicyclic) bond motifs is 1. The Bertz CT molecular complexity index is 889. The van der Waals surface area contributed by atoms with Crippen molar-refractivity contribution in [3.05, 3.63) is 42.3 Å². The van der Waals surface area contributed by atoms with Crippen molar-refractivity contribution in [2.45, 2.75) is 0 Å². The van der Waals surface area contributed by atoms with Crippen LogP contribution in [0, 0.1) is 0 Å². The lowest BCUT2D eigenvalue weighted by atomic mass is 9.90. The Morgan fingerprint density at radius 3 is 1.00 bits per heavy atom. The van der Waals surface area contributed by atoms with Crippen LogP contribution in [0.15, 0.2) is 0 Å². The van der Waals surface area contributed by atoms with E-state index in [4.69, 9.17) is 57.9 Å². The van der Waals surface area contributed by atoms with Crippen molar-refractivity contribution in [3.63, 3.8) is 0 Å². The zero-order valence-corrected chi connectivity index (χ0v) is 15.2. The number of carbonyl (C=O) groups excluding carboxylic acids is 2. The average Bonchev–Trinajstić information content (AvgIpc) is 2.49. The van der Waals surface area contributed by atoms with Gasteiger partial charge in [-0.15, -0.1) is 0 Å². The highest BCUT2D eigenvalue weighted by atomic mass is 35.5. The van der Waals surface area contributed by atoms with E-state index in [9.17, 15) is 29.4 Å². The van der Waals surface area contributed by atoms with Gasteiger partial charge in [-0.25, -0.2) is 9.59 Å². The van der Waals surface area contributed by atoms with Crippen LogP contribution >= 0.6 is 46.4 Å². The number of benzene rings is 2. The van der Waals surface area contributed by atoms with Crippen molar-refractivity contribution < 1.29 is 29.4 Å². The van der Waals surface area contributed by atoms with Gasteiger partial charge in [-0.05, 0) is 0 Å². The smallest absolute Gasteiger partial charge is 0.337 e. The molecule has 0 fully saturated rings. The predicted octanol–water partition coefficient (Wildman–Crippen LogP) is 3.05. The molecule has 0 aliphatic rings. The van der Waals surface area contributed by atoms with E-state index in [1.807, 2.05) is 0 Å². The van der Waals surface area contributed by atoms with Gasteiger partial charge in [0.2, 0.25) is 0 Å². The molecule has 8 nitrogen and oxygen atoms in total. The van der Waals surface area contributed by atoms with E-state index in [1.165, 1.54) is 0 Å². The molecule has 2 rings (SSSR count). The van der Waals surface area contributed by atoms with Gasteiger partial charge in [0.05, 0.1) is 42.3 Å². The van der Waals surface area contributed by atoms with Crippen molar-refractivity contribution in [2.75, 3.05) is 0 Å². The molecule has 0 radical (unpaired) electrons. The number of halogens is 4. The first-order valence-electron chi connectivity index (χ1n) is 6.35. The zero-order valence-electron chi connectivity index (χ0n) is 12.2. The number of carboxylic acid groups (broad SMARTS) is 2. The standard InChI is InChI=1S/C14H6Cl4N2O6/c15-7-3(11(19)21)1-2(4(8(7)16)12(20)22)6(14(25)26)10(18)9(17)5(1)13(23)24/h(H2,19,21)(H2,20,22)(H,23,24)(H,25,26). The molecule has 2 aromatic rings. The third kappa shape index (κ3) is 2.80. The quantitative estimate of drug-likeness (QED) is 0.572. The highest BCUT2D eigenvalue weighted by molar-refractivity contribution is 6.51. The minimum atomic E-state index is -1.69. The first-order chi connectivity index (χ1) is 11.9. The molecule has 2 aromatic carbocycles. The Morgan fingerprint density at radius 1 is 0.577 bits per heavy atom. The summed E-state index contributed by atoms with van der Waals surface area (Å²) in [5, 5.41) is 15.2. The lowest BCUT2D eigenvalue weighted by Gasteiger charge is -2.18. The first-order valence-corrected chi connectivity index (χ1v) is 7.86. The van der Waals surface area contributed by atoms with Crippen molar-refractivity contribution in [3.8, 4) is 0 Å². The van der Waals surface area contributed by atoms with E-state index in [-0.39, 0.29) is 0 Å². The number of hydrogen-bond acceptors (Lipinski definition) is 4. The van der Waals surface area contributed by atoms with Gasteiger partial charge in [0.25, 0.3) is 11.8 Å². The number of primary amides is 2. The molecule has 0 spiro atoms. The molecule has 0 bridgehead atoms. The molecule has 0 aliphatic carbocycles. The highest BCUT2D eigenvalue weighted by Crippen LogP contribution is 2.45.